The highest BCUT2D eigenvalue weighted by Crippen LogP contribution is 2.34. The van der Waals surface area contributed by atoms with Crippen LogP contribution in [0.3, 0.4) is 0 Å². The van der Waals surface area contributed by atoms with Gasteiger partial charge in [-0.05, 0) is 37.2 Å². The molecule has 21 heavy (non-hydrogen) atoms. The van der Waals surface area contributed by atoms with Crippen LogP contribution in [-0.2, 0) is 6.54 Å². The van der Waals surface area contributed by atoms with E-state index in [1.54, 1.807) is 24.3 Å². The summed E-state index contributed by atoms with van der Waals surface area (Å²) in [6.45, 7) is 3.77. The number of ether oxygens (including phenoxy) is 1. The Morgan fingerprint density at radius 3 is 2.33 bits per heavy atom. The minimum absolute atomic E-state index is 0.506. The molecule has 0 saturated carbocycles. The fourth-order valence-electron chi connectivity index (χ4n) is 1.84. The zero-order valence-electron chi connectivity index (χ0n) is 11.6. The molecule has 0 atom stereocenters. The fourth-order valence-corrected chi connectivity index (χ4v) is 2.32. The molecular formula is C16H16Cl3NO. The highest BCUT2D eigenvalue weighted by atomic mass is 35.5. The molecule has 0 spiro atoms. The molecule has 1 N–H and O–H groups in total. The Labute approximate surface area is 140 Å². The molecule has 0 unspecified atom stereocenters. The summed E-state index contributed by atoms with van der Waals surface area (Å²) < 4.78 is 5.89. The maximum absolute atomic E-state index is 6.13. The first kappa shape index (κ1) is 16.4. The first-order chi connectivity index (χ1) is 10.1. The van der Waals surface area contributed by atoms with Gasteiger partial charge in [0.2, 0.25) is 0 Å². The van der Waals surface area contributed by atoms with Crippen LogP contribution < -0.4 is 10.1 Å². The Morgan fingerprint density at radius 2 is 1.62 bits per heavy atom. The van der Waals surface area contributed by atoms with Crippen molar-refractivity contribution < 1.29 is 4.74 Å². The van der Waals surface area contributed by atoms with Gasteiger partial charge in [-0.1, -0.05) is 47.8 Å². The summed E-state index contributed by atoms with van der Waals surface area (Å²) in [5.74, 6) is 1.19. The van der Waals surface area contributed by atoms with Crippen LogP contribution in [0, 0.1) is 0 Å². The average Bonchev–Trinajstić information content (AvgIpc) is 2.45. The molecule has 0 amide bonds. The normalized spacial score (nSPS) is 10.7. The van der Waals surface area contributed by atoms with Crippen molar-refractivity contribution in [2.45, 2.75) is 19.9 Å². The molecule has 2 aromatic carbocycles. The number of nitrogens with one attached hydrogen (secondary N) is 1. The van der Waals surface area contributed by atoms with E-state index < -0.39 is 0 Å². The Morgan fingerprint density at radius 1 is 0.952 bits per heavy atom. The van der Waals surface area contributed by atoms with Gasteiger partial charge in [0.15, 0.2) is 0 Å². The van der Waals surface area contributed by atoms with Crippen molar-refractivity contribution in [3.05, 3.63) is 57.0 Å². The molecule has 0 aliphatic rings. The molecular weight excluding hydrogens is 329 g/mol. The summed E-state index contributed by atoms with van der Waals surface area (Å²) in [6, 6.07) is 10.7. The van der Waals surface area contributed by atoms with Crippen LogP contribution in [0.1, 0.15) is 18.9 Å². The molecule has 0 bridgehead atoms. The molecule has 0 aromatic heterocycles. The Bertz CT molecular complexity index is 616. The largest absolute Gasteiger partial charge is 0.455 e. The minimum atomic E-state index is 0.506. The van der Waals surface area contributed by atoms with Crippen LogP contribution >= 0.6 is 34.8 Å². The van der Waals surface area contributed by atoms with Crippen molar-refractivity contribution in [1.29, 1.82) is 0 Å². The van der Waals surface area contributed by atoms with E-state index in [0.29, 0.717) is 33.1 Å². The van der Waals surface area contributed by atoms with E-state index in [2.05, 4.69) is 12.2 Å². The van der Waals surface area contributed by atoms with Crippen molar-refractivity contribution in [3.63, 3.8) is 0 Å². The van der Waals surface area contributed by atoms with Crippen LogP contribution in [0.15, 0.2) is 36.4 Å². The molecule has 0 aliphatic heterocycles. The highest BCUT2D eigenvalue weighted by Gasteiger charge is 2.09. The van der Waals surface area contributed by atoms with Gasteiger partial charge in [0, 0.05) is 28.2 Å². The lowest BCUT2D eigenvalue weighted by Crippen LogP contribution is -2.14. The van der Waals surface area contributed by atoms with Gasteiger partial charge >= 0.3 is 0 Å². The summed E-state index contributed by atoms with van der Waals surface area (Å²) in [6.07, 6.45) is 1.07. The first-order valence-corrected chi connectivity index (χ1v) is 7.85. The third-order valence-corrected chi connectivity index (χ3v) is 3.67. The third kappa shape index (κ3) is 4.79. The van der Waals surface area contributed by atoms with Gasteiger partial charge < -0.3 is 10.1 Å². The average molecular weight is 345 g/mol. The SMILES string of the molecule is CCCNCc1ccc(Cl)cc1Oc1cc(Cl)ccc1Cl. The molecule has 2 nitrogen and oxygen atoms in total. The smallest absolute Gasteiger partial charge is 0.147 e. The Hall–Kier alpha value is -0.930. The second-order valence-electron chi connectivity index (χ2n) is 4.61. The van der Waals surface area contributed by atoms with E-state index >= 15 is 0 Å². The molecule has 0 fully saturated rings. The van der Waals surface area contributed by atoms with Crippen molar-refractivity contribution in [2.24, 2.45) is 0 Å². The molecule has 112 valence electrons. The van der Waals surface area contributed by atoms with Crippen molar-refractivity contribution in [1.82, 2.24) is 5.32 Å². The monoisotopic (exact) mass is 343 g/mol. The Kier molecular flexibility index (Phi) is 6.19. The van der Waals surface area contributed by atoms with E-state index in [1.807, 2.05) is 12.1 Å². The van der Waals surface area contributed by atoms with E-state index in [4.69, 9.17) is 39.5 Å². The summed E-state index contributed by atoms with van der Waals surface area (Å²) in [5, 5.41) is 5.03. The van der Waals surface area contributed by atoms with Crippen LogP contribution in [-0.4, -0.2) is 6.54 Å². The van der Waals surface area contributed by atoms with Crippen molar-refractivity contribution in [3.8, 4) is 11.5 Å². The summed E-state index contributed by atoms with van der Waals surface area (Å²) >= 11 is 18.2. The lowest BCUT2D eigenvalue weighted by atomic mass is 10.2. The van der Waals surface area contributed by atoms with Gasteiger partial charge in [-0.25, -0.2) is 0 Å². The molecule has 5 heteroatoms. The van der Waals surface area contributed by atoms with Gasteiger partial charge in [0.05, 0.1) is 5.02 Å². The summed E-state index contributed by atoms with van der Waals surface area (Å²) in [4.78, 5) is 0. The Balaban J connectivity index is 2.25. The van der Waals surface area contributed by atoms with Gasteiger partial charge in [-0.3, -0.25) is 0 Å². The lowest BCUT2D eigenvalue weighted by Gasteiger charge is -2.13. The minimum Gasteiger partial charge on any atom is -0.455 e. The third-order valence-electron chi connectivity index (χ3n) is 2.88. The quantitative estimate of drug-likeness (QED) is 0.655. The summed E-state index contributed by atoms with van der Waals surface area (Å²) in [7, 11) is 0. The topological polar surface area (TPSA) is 21.3 Å². The van der Waals surface area contributed by atoms with Crippen LogP contribution in [0.4, 0.5) is 0 Å². The van der Waals surface area contributed by atoms with Crippen LogP contribution in [0.5, 0.6) is 11.5 Å². The predicted octanol–water partition coefficient (Wildman–Crippen LogP) is 5.94. The highest BCUT2D eigenvalue weighted by molar-refractivity contribution is 6.34. The van der Waals surface area contributed by atoms with E-state index in [1.165, 1.54) is 0 Å². The fraction of sp³-hybridized carbons (Fsp3) is 0.250. The van der Waals surface area contributed by atoms with Gasteiger partial charge in [0.1, 0.15) is 11.5 Å². The standard InChI is InChI=1S/C16H16Cl3NO/c1-2-7-20-10-11-3-4-12(17)8-15(11)21-16-9-13(18)5-6-14(16)19/h3-6,8-9,20H,2,7,10H2,1H3. The molecule has 2 aromatic rings. The number of hydrogen-bond acceptors (Lipinski definition) is 2. The van der Waals surface area contributed by atoms with E-state index in [9.17, 15) is 0 Å². The maximum Gasteiger partial charge on any atom is 0.147 e. The molecule has 0 heterocycles. The predicted molar refractivity (Wildman–Crippen MR) is 90.0 cm³/mol. The van der Waals surface area contributed by atoms with Crippen LogP contribution in [0.2, 0.25) is 15.1 Å². The second-order valence-corrected chi connectivity index (χ2v) is 5.89. The molecule has 0 aliphatic carbocycles. The number of halogens is 3. The number of rotatable bonds is 6. The van der Waals surface area contributed by atoms with Crippen molar-refractivity contribution >= 4 is 34.8 Å². The lowest BCUT2D eigenvalue weighted by molar-refractivity contribution is 0.473. The van der Waals surface area contributed by atoms with Gasteiger partial charge in [-0.2, -0.15) is 0 Å². The second kappa shape index (κ2) is 7.90. The van der Waals surface area contributed by atoms with Crippen LogP contribution in [0.25, 0.3) is 0 Å². The van der Waals surface area contributed by atoms with E-state index in [-0.39, 0.29) is 0 Å². The van der Waals surface area contributed by atoms with E-state index in [0.717, 1.165) is 18.5 Å². The molecule has 0 radical (unpaired) electrons. The van der Waals surface area contributed by atoms with Gasteiger partial charge in [-0.15, -0.1) is 0 Å². The number of benzene rings is 2. The van der Waals surface area contributed by atoms with Gasteiger partial charge in [0.25, 0.3) is 0 Å². The molecule has 0 saturated heterocycles. The number of hydrogen-bond donors (Lipinski definition) is 1. The first-order valence-electron chi connectivity index (χ1n) is 6.72. The molecule has 2 rings (SSSR count). The van der Waals surface area contributed by atoms with Crippen molar-refractivity contribution in [2.75, 3.05) is 6.54 Å². The zero-order chi connectivity index (χ0) is 15.2. The summed E-state index contributed by atoms with van der Waals surface area (Å²) in [5.41, 5.74) is 1.02. The zero-order valence-corrected chi connectivity index (χ0v) is 13.9. The maximum atomic E-state index is 6.13.